The number of rotatable bonds is 4. The molecule has 2 aromatic heterocycles. The molecule has 7 nitrogen and oxygen atoms in total. The van der Waals surface area contributed by atoms with E-state index < -0.39 is 6.03 Å². The van der Waals surface area contributed by atoms with Crippen LogP contribution in [0.2, 0.25) is 0 Å². The van der Waals surface area contributed by atoms with Crippen LogP contribution in [0.4, 0.5) is 14.3 Å². The average Bonchev–Trinajstić information content (AvgIpc) is 3.17. The maximum absolute atomic E-state index is 14.1. The van der Waals surface area contributed by atoms with Gasteiger partial charge in [0.25, 0.3) is 0 Å². The Labute approximate surface area is 135 Å². The summed E-state index contributed by atoms with van der Waals surface area (Å²) < 4.78 is 15.7. The van der Waals surface area contributed by atoms with Crippen molar-refractivity contribution in [3.05, 3.63) is 53.3 Å². The molecule has 1 aromatic carbocycles. The van der Waals surface area contributed by atoms with E-state index in [9.17, 15) is 9.18 Å². The molecular formula is C14H13FN6OS. The number of nitrogens with zero attached hydrogens (tertiary/aromatic N) is 4. The van der Waals surface area contributed by atoms with E-state index in [1.54, 1.807) is 36.0 Å². The first-order valence-electron chi connectivity index (χ1n) is 6.73. The fourth-order valence-corrected chi connectivity index (χ4v) is 2.53. The van der Waals surface area contributed by atoms with E-state index in [-0.39, 0.29) is 12.4 Å². The normalized spacial score (nSPS) is 10.5. The highest BCUT2D eigenvalue weighted by molar-refractivity contribution is 7.15. The van der Waals surface area contributed by atoms with Gasteiger partial charge in [0.05, 0.1) is 12.0 Å². The molecule has 0 radical (unpaired) electrons. The lowest BCUT2D eigenvalue weighted by Gasteiger charge is -2.08. The van der Waals surface area contributed by atoms with E-state index in [0.717, 1.165) is 5.01 Å². The first-order chi connectivity index (χ1) is 11.1. The third-order valence-corrected chi connectivity index (χ3v) is 3.75. The Hall–Kier alpha value is -2.81. The van der Waals surface area contributed by atoms with Crippen LogP contribution in [-0.4, -0.2) is 25.8 Å². The van der Waals surface area contributed by atoms with Crippen LogP contribution in [0.3, 0.4) is 0 Å². The first kappa shape index (κ1) is 15.1. The number of urea groups is 1. The number of aromatic nitrogens is 4. The summed E-state index contributed by atoms with van der Waals surface area (Å²) in [4.78, 5) is 15.6. The van der Waals surface area contributed by atoms with Crippen LogP contribution in [-0.2, 0) is 6.54 Å². The molecule has 3 rings (SSSR count). The Morgan fingerprint density at radius 1 is 1.39 bits per heavy atom. The van der Waals surface area contributed by atoms with Crippen molar-refractivity contribution in [3.8, 4) is 5.69 Å². The number of hydrogen-bond acceptors (Lipinski definition) is 5. The second-order valence-electron chi connectivity index (χ2n) is 4.69. The molecule has 0 saturated carbocycles. The molecule has 0 spiro atoms. The summed E-state index contributed by atoms with van der Waals surface area (Å²) in [7, 11) is 0. The van der Waals surface area contributed by atoms with Gasteiger partial charge in [-0.25, -0.2) is 14.2 Å². The standard InChI is InChI=1S/C14H13FN6OS/c1-9-19-20-14(23-9)18-13(22)17-7-10-2-3-12(11(15)6-10)21-5-4-16-8-21/h2-6,8H,7H2,1H3,(H2,17,18,20,22). The summed E-state index contributed by atoms with van der Waals surface area (Å²) in [6, 6.07) is 4.35. The molecule has 0 aliphatic heterocycles. The molecule has 0 atom stereocenters. The average molecular weight is 332 g/mol. The molecule has 23 heavy (non-hydrogen) atoms. The lowest BCUT2D eigenvalue weighted by Crippen LogP contribution is -2.28. The van der Waals surface area contributed by atoms with Gasteiger partial charge < -0.3 is 9.88 Å². The zero-order chi connectivity index (χ0) is 16.2. The van der Waals surface area contributed by atoms with E-state index >= 15 is 0 Å². The quantitative estimate of drug-likeness (QED) is 0.769. The van der Waals surface area contributed by atoms with Gasteiger partial charge in [-0.15, -0.1) is 10.2 Å². The molecule has 9 heteroatoms. The highest BCUT2D eigenvalue weighted by atomic mass is 32.1. The number of amides is 2. The van der Waals surface area contributed by atoms with Crippen LogP contribution in [0, 0.1) is 12.7 Å². The minimum atomic E-state index is -0.416. The molecule has 3 aromatic rings. The van der Waals surface area contributed by atoms with Gasteiger partial charge in [-0.1, -0.05) is 17.4 Å². The molecule has 0 saturated heterocycles. The van der Waals surface area contributed by atoms with Gasteiger partial charge in [0.2, 0.25) is 5.13 Å². The molecule has 0 aliphatic rings. The third kappa shape index (κ3) is 3.69. The Balaban J connectivity index is 1.60. The maximum Gasteiger partial charge on any atom is 0.321 e. The minimum absolute atomic E-state index is 0.199. The van der Waals surface area contributed by atoms with Gasteiger partial charge in [0, 0.05) is 18.9 Å². The lowest BCUT2D eigenvalue weighted by molar-refractivity contribution is 0.251. The maximum atomic E-state index is 14.1. The van der Waals surface area contributed by atoms with E-state index in [0.29, 0.717) is 16.4 Å². The number of aryl methyl sites for hydroxylation is 1. The van der Waals surface area contributed by atoms with Crippen LogP contribution in [0.15, 0.2) is 36.9 Å². The van der Waals surface area contributed by atoms with Crippen LogP contribution >= 0.6 is 11.3 Å². The minimum Gasteiger partial charge on any atom is -0.334 e. The summed E-state index contributed by atoms with van der Waals surface area (Å²) in [5.74, 6) is -0.387. The van der Waals surface area contributed by atoms with E-state index in [1.165, 1.54) is 23.7 Å². The van der Waals surface area contributed by atoms with Crippen molar-refractivity contribution in [1.29, 1.82) is 0 Å². The SMILES string of the molecule is Cc1nnc(NC(=O)NCc2ccc(-n3ccnc3)c(F)c2)s1. The lowest BCUT2D eigenvalue weighted by atomic mass is 10.2. The van der Waals surface area contributed by atoms with Gasteiger partial charge in [-0.3, -0.25) is 5.32 Å². The van der Waals surface area contributed by atoms with Crippen LogP contribution < -0.4 is 10.6 Å². The molecule has 0 bridgehead atoms. The van der Waals surface area contributed by atoms with Gasteiger partial charge in [-0.2, -0.15) is 0 Å². The fourth-order valence-electron chi connectivity index (χ4n) is 1.94. The first-order valence-corrected chi connectivity index (χ1v) is 7.55. The Morgan fingerprint density at radius 3 is 2.91 bits per heavy atom. The number of imidazole rings is 1. The van der Waals surface area contributed by atoms with Crippen LogP contribution in [0.5, 0.6) is 0 Å². The van der Waals surface area contributed by atoms with Crippen molar-refractivity contribution in [2.75, 3.05) is 5.32 Å². The van der Waals surface area contributed by atoms with Gasteiger partial charge >= 0.3 is 6.03 Å². The van der Waals surface area contributed by atoms with E-state index in [1.807, 2.05) is 0 Å². The predicted octanol–water partition coefficient (Wildman–Crippen LogP) is 2.49. The zero-order valence-corrected chi connectivity index (χ0v) is 13.0. The van der Waals surface area contributed by atoms with Gasteiger partial charge in [0.15, 0.2) is 0 Å². The van der Waals surface area contributed by atoms with Crippen molar-refractivity contribution in [2.24, 2.45) is 0 Å². The highest BCUT2D eigenvalue weighted by Crippen LogP contribution is 2.15. The molecule has 2 heterocycles. The van der Waals surface area contributed by atoms with Crippen molar-refractivity contribution in [1.82, 2.24) is 25.1 Å². The number of nitrogens with one attached hydrogen (secondary N) is 2. The van der Waals surface area contributed by atoms with Crippen molar-refractivity contribution < 1.29 is 9.18 Å². The van der Waals surface area contributed by atoms with E-state index in [2.05, 4.69) is 25.8 Å². The van der Waals surface area contributed by atoms with Gasteiger partial charge in [0.1, 0.15) is 10.8 Å². The highest BCUT2D eigenvalue weighted by Gasteiger charge is 2.08. The smallest absolute Gasteiger partial charge is 0.321 e. The van der Waals surface area contributed by atoms with E-state index in [4.69, 9.17) is 0 Å². The molecular weight excluding hydrogens is 319 g/mol. The summed E-state index contributed by atoms with van der Waals surface area (Å²) in [6.07, 6.45) is 4.76. The largest absolute Gasteiger partial charge is 0.334 e. The Bertz CT molecular complexity index is 817. The Kier molecular flexibility index (Phi) is 4.29. The van der Waals surface area contributed by atoms with Crippen molar-refractivity contribution in [3.63, 3.8) is 0 Å². The van der Waals surface area contributed by atoms with Crippen LogP contribution in [0.1, 0.15) is 10.6 Å². The molecule has 0 unspecified atom stereocenters. The molecule has 2 N–H and O–H groups in total. The number of benzene rings is 1. The summed E-state index contributed by atoms with van der Waals surface area (Å²) >= 11 is 1.28. The molecule has 0 fully saturated rings. The summed E-state index contributed by atoms with van der Waals surface area (Å²) in [5.41, 5.74) is 1.05. The fraction of sp³-hybridized carbons (Fsp3) is 0.143. The number of anilines is 1. The second-order valence-corrected chi connectivity index (χ2v) is 5.87. The van der Waals surface area contributed by atoms with Crippen LogP contribution in [0.25, 0.3) is 5.69 Å². The number of carbonyl (C=O) groups excluding carboxylic acids is 1. The zero-order valence-electron chi connectivity index (χ0n) is 12.2. The number of halogens is 1. The molecule has 2 amide bonds. The third-order valence-electron chi connectivity index (χ3n) is 2.99. The molecule has 118 valence electrons. The Morgan fingerprint density at radius 2 is 2.26 bits per heavy atom. The summed E-state index contributed by atoms with van der Waals surface area (Å²) in [5, 5.41) is 14.0. The molecule has 0 aliphatic carbocycles. The van der Waals surface area contributed by atoms with Crippen molar-refractivity contribution >= 4 is 22.5 Å². The number of carbonyl (C=O) groups is 1. The number of hydrogen-bond donors (Lipinski definition) is 2. The predicted molar refractivity (Wildman–Crippen MR) is 84.0 cm³/mol. The monoisotopic (exact) mass is 332 g/mol. The second kappa shape index (κ2) is 6.53. The summed E-state index contributed by atoms with van der Waals surface area (Å²) in [6.45, 7) is 2.00. The van der Waals surface area contributed by atoms with Crippen molar-refractivity contribution in [2.45, 2.75) is 13.5 Å². The van der Waals surface area contributed by atoms with Gasteiger partial charge in [-0.05, 0) is 24.6 Å². The topological polar surface area (TPSA) is 84.7 Å².